The molecule has 0 radical (unpaired) electrons. The van der Waals surface area contributed by atoms with Crippen LogP contribution in [0.3, 0.4) is 0 Å². The van der Waals surface area contributed by atoms with Gasteiger partial charge in [-0.25, -0.2) is 0 Å². The molecule has 0 aromatic rings. The third kappa shape index (κ3) is 28.4. The van der Waals surface area contributed by atoms with Gasteiger partial charge in [0.05, 0.1) is 25.4 Å². The number of hydrogen-bond donors (Lipinski definition) is 8. The third-order valence-electron chi connectivity index (χ3n) is 12.3. The van der Waals surface area contributed by atoms with Crippen LogP contribution in [-0.2, 0) is 14.3 Å². The van der Waals surface area contributed by atoms with Crippen molar-refractivity contribution in [3.05, 3.63) is 0 Å². The zero-order valence-corrected chi connectivity index (χ0v) is 38.2. The zero-order valence-electron chi connectivity index (χ0n) is 38.2. The van der Waals surface area contributed by atoms with E-state index in [9.17, 15) is 40.5 Å². The monoisotopic (exact) mass is 846 g/mol. The molecule has 1 aliphatic heterocycles. The molecule has 1 aliphatic rings. The Bertz CT molecular complexity index is 941. The molecule has 59 heavy (non-hydrogen) atoms. The number of unbranched alkanes of at least 4 members (excludes halogenated alkanes) is 27. The molecule has 1 heterocycles. The average Bonchev–Trinajstić information content (AvgIpc) is 3.22. The van der Waals surface area contributed by atoms with Crippen molar-refractivity contribution in [1.82, 2.24) is 5.32 Å². The smallest absolute Gasteiger partial charge is 0.249 e. The molecule has 11 nitrogen and oxygen atoms in total. The van der Waals surface area contributed by atoms with Gasteiger partial charge in [0.2, 0.25) is 5.91 Å². The van der Waals surface area contributed by atoms with Crippen molar-refractivity contribution in [1.29, 1.82) is 0 Å². The fourth-order valence-corrected chi connectivity index (χ4v) is 8.21. The van der Waals surface area contributed by atoms with E-state index in [4.69, 9.17) is 9.47 Å². The van der Waals surface area contributed by atoms with Gasteiger partial charge in [-0.3, -0.25) is 4.79 Å². The number of hydrogen-bond acceptors (Lipinski definition) is 10. The first-order valence-corrected chi connectivity index (χ1v) is 24.8. The number of aliphatic hydroxyl groups excluding tert-OH is 7. The summed E-state index contributed by atoms with van der Waals surface area (Å²) in [6.45, 7) is 5.75. The highest BCUT2D eigenvalue weighted by molar-refractivity contribution is 5.80. The Hall–Kier alpha value is -0.890. The van der Waals surface area contributed by atoms with Crippen LogP contribution in [0, 0.1) is 5.92 Å². The minimum Gasteiger partial charge on any atom is -0.394 e. The fourth-order valence-electron chi connectivity index (χ4n) is 8.21. The van der Waals surface area contributed by atoms with Crippen LogP contribution in [0.15, 0.2) is 0 Å². The number of ether oxygens (including phenoxy) is 2. The van der Waals surface area contributed by atoms with Crippen LogP contribution in [-0.4, -0.2) is 110 Å². The Balaban J connectivity index is 2.37. The van der Waals surface area contributed by atoms with Crippen molar-refractivity contribution in [2.75, 3.05) is 13.2 Å². The molecule has 8 N–H and O–H groups in total. The van der Waals surface area contributed by atoms with Gasteiger partial charge in [-0.05, 0) is 18.8 Å². The molecular formula is C48H95NO10. The maximum atomic E-state index is 13.1. The van der Waals surface area contributed by atoms with Gasteiger partial charge >= 0.3 is 0 Å². The van der Waals surface area contributed by atoms with Crippen LogP contribution in [0.4, 0.5) is 0 Å². The van der Waals surface area contributed by atoms with E-state index in [1.165, 1.54) is 141 Å². The van der Waals surface area contributed by atoms with Crippen molar-refractivity contribution in [3.8, 4) is 0 Å². The average molecular weight is 846 g/mol. The van der Waals surface area contributed by atoms with E-state index in [1.807, 2.05) is 0 Å². The van der Waals surface area contributed by atoms with Gasteiger partial charge < -0.3 is 50.5 Å². The summed E-state index contributed by atoms with van der Waals surface area (Å²) < 4.78 is 11.1. The van der Waals surface area contributed by atoms with Crippen LogP contribution >= 0.6 is 0 Å². The quantitative estimate of drug-likeness (QED) is 0.0277. The normalized spacial score (nSPS) is 21.8. The third-order valence-corrected chi connectivity index (χ3v) is 12.3. The van der Waals surface area contributed by atoms with Crippen LogP contribution < -0.4 is 5.32 Å². The van der Waals surface area contributed by atoms with Crippen molar-refractivity contribution >= 4 is 5.91 Å². The molecule has 0 saturated carbocycles. The summed E-state index contributed by atoms with van der Waals surface area (Å²) in [5.74, 6) is 0.0701. The second-order valence-electron chi connectivity index (χ2n) is 18.4. The largest absolute Gasteiger partial charge is 0.394 e. The van der Waals surface area contributed by atoms with Gasteiger partial charge in [0, 0.05) is 0 Å². The number of rotatable bonds is 41. The molecule has 1 amide bonds. The first-order valence-electron chi connectivity index (χ1n) is 24.8. The molecule has 11 heteroatoms. The number of carbonyl (C=O) groups excluding carboxylic acids is 1. The van der Waals surface area contributed by atoms with Gasteiger partial charge in [0.15, 0.2) is 6.29 Å². The van der Waals surface area contributed by atoms with Crippen molar-refractivity contribution < 1.29 is 50.0 Å². The van der Waals surface area contributed by atoms with Gasteiger partial charge in [-0.1, -0.05) is 213 Å². The number of nitrogens with one attached hydrogen (secondary N) is 1. The van der Waals surface area contributed by atoms with Gasteiger partial charge in [0.1, 0.15) is 36.6 Å². The predicted octanol–water partition coefficient (Wildman–Crippen LogP) is 8.53. The molecule has 0 spiro atoms. The van der Waals surface area contributed by atoms with Gasteiger partial charge in [-0.15, -0.1) is 0 Å². The maximum absolute atomic E-state index is 13.1. The zero-order chi connectivity index (χ0) is 43.5. The molecule has 1 fully saturated rings. The molecule has 0 bridgehead atoms. The molecule has 0 aromatic heterocycles. The molecule has 1 rings (SSSR count). The lowest BCUT2D eigenvalue weighted by molar-refractivity contribution is -0.303. The summed E-state index contributed by atoms with van der Waals surface area (Å²) in [7, 11) is 0. The van der Waals surface area contributed by atoms with E-state index < -0.39 is 74.2 Å². The second kappa shape index (κ2) is 37.6. The van der Waals surface area contributed by atoms with Crippen LogP contribution in [0.2, 0.25) is 0 Å². The molecular weight excluding hydrogens is 751 g/mol. The van der Waals surface area contributed by atoms with Crippen molar-refractivity contribution in [2.45, 2.75) is 281 Å². The van der Waals surface area contributed by atoms with E-state index in [1.54, 1.807) is 0 Å². The second-order valence-corrected chi connectivity index (χ2v) is 18.4. The van der Waals surface area contributed by atoms with Crippen LogP contribution in [0.5, 0.6) is 0 Å². The van der Waals surface area contributed by atoms with Crippen molar-refractivity contribution in [3.63, 3.8) is 0 Å². The highest BCUT2D eigenvalue weighted by Crippen LogP contribution is 2.23. The SMILES string of the molecule is CCCCCCCCCCCCCCCCCCCCCCC(O)C(=O)N[C@H](CO[C@@H]1O[C@H](CO)[C@@H](O)[C@H](O)[C@H]1O)[C@H](O)[C@H](O)CCCCCCCCCCCC(C)C. The Morgan fingerprint density at radius 1 is 0.559 bits per heavy atom. The topological polar surface area (TPSA) is 189 Å². The lowest BCUT2D eigenvalue weighted by Gasteiger charge is -2.40. The maximum Gasteiger partial charge on any atom is 0.249 e. The van der Waals surface area contributed by atoms with Crippen LogP contribution in [0.25, 0.3) is 0 Å². The minimum absolute atomic E-state index is 0.266. The number of aliphatic hydroxyl groups is 7. The van der Waals surface area contributed by atoms with Crippen molar-refractivity contribution in [2.24, 2.45) is 5.92 Å². The van der Waals surface area contributed by atoms with Crippen LogP contribution in [0.1, 0.15) is 226 Å². The minimum atomic E-state index is -1.66. The standard InChI is InChI=1S/C48H95NO10/c1-4-5-6-7-8-9-10-11-12-13-14-15-16-17-18-19-22-26-29-32-35-41(52)47(57)49-39(37-58-48-46(56)45(55)44(54)42(36-50)59-48)43(53)40(51)34-31-28-25-23-20-21-24-27-30-33-38(2)3/h38-46,48,50-56H,4-37H2,1-3H3,(H,49,57)/t39-,40-,41?,42-,43+,44-,45+,46-,48-/m1/s1. The molecule has 352 valence electrons. The summed E-state index contributed by atoms with van der Waals surface area (Å²) in [5.41, 5.74) is 0. The molecule has 0 aliphatic carbocycles. The molecule has 0 aromatic carbocycles. The lowest BCUT2D eigenvalue weighted by Crippen LogP contribution is -2.60. The van der Waals surface area contributed by atoms with Gasteiger partial charge in [-0.2, -0.15) is 0 Å². The Labute approximate surface area is 360 Å². The Kier molecular flexibility index (Phi) is 35.8. The molecule has 1 unspecified atom stereocenters. The first kappa shape index (κ1) is 56.1. The summed E-state index contributed by atoms with van der Waals surface area (Å²) in [5, 5.41) is 75.7. The number of carbonyl (C=O) groups is 1. The summed E-state index contributed by atoms with van der Waals surface area (Å²) in [4.78, 5) is 13.1. The van der Waals surface area contributed by atoms with E-state index in [0.29, 0.717) is 19.3 Å². The highest BCUT2D eigenvalue weighted by atomic mass is 16.7. The van der Waals surface area contributed by atoms with E-state index in [2.05, 4.69) is 26.1 Å². The van der Waals surface area contributed by atoms with Gasteiger partial charge in [0.25, 0.3) is 0 Å². The first-order chi connectivity index (χ1) is 28.5. The highest BCUT2D eigenvalue weighted by Gasteiger charge is 2.44. The fraction of sp³-hybridized carbons (Fsp3) is 0.979. The Morgan fingerprint density at radius 2 is 0.949 bits per heavy atom. The molecule has 1 saturated heterocycles. The molecule has 9 atom stereocenters. The Morgan fingerprint density at radius 3 is 1.36 bits per heavy atom. The van der Waals surface area contributed by atoms with E-state index in [0.717, 1.165) is 44.4 Å². The van der Waals surface area contributed by atoms with E-state index in [-0.39, 0.29) is 6.42 Å². The predicted molar refractivity (Wildman–Crippen MR) is 238 cm³/mol. The number of amides is 1. The summed E-state index contributed by atoms with van der Waals surface area (Å²) in [6, 6.07) is -1.16. The summed E-state index contributed by atoms with van der Waals surface area (Å²) in [6.07, 6.45) is 25.9. The van der Waals surface area contributed by atoms with E-state index >= 15 is 0 Å². The lowest BCUT2D eigenvalue weighted by atomic mass is 9.98. The summed E-state index contributed by atoms with van der Waals surface area (Å²) >= 11 is 0.